The highest BCUT2D eigenvalue weighted by Gasteiger charge is 2.22. The summed E-state index contributed by atoms with van der Waals surface area (Å²) in [5.74, 6) is 0. The van der Waals surface area contributed by atoms with E-state index in [1.54, 1.807) is 0 Å². The van der Waals surface area contributed by atoms with Crippen LogP contribution in [-0.4, -0.2) is 56.1 Å². The quantitative estimate of drug-likeness (QED) is 0.790. The van der Waals surface area contributed by atoms with Crippen molar-refractivity contribution in [1.82, 2.24) is 9.80 Å². The third-order valence-corrected chi connectivity index (χ3v) is 3.75. The maximum Gasteiger partial charge on any atom is 0.0244 e. The second-order valence-corrected chi connectivity index (χ2v) is 5.51. The van der Waals surface area contributed by atoms with Crippen LogP contribution in [0.3, 0.4) is 0 Å². The van der Waals surface area contributed by atoms with Crippen molar-refractivity contribution in [3.05, 3.63) is 0 Å². The van der Waals surface area contributed by atoms with Crippen molar-refractivity contribution in [3.8, 4) is 0 Å². The highest BCUT2D eigenvalue weighted by Crippen LogP contribution is 2.19. The van der Waals surface area contributed by atoms with Crippen molar-refractivity contribution in [2.24, 2.45) is 5.73 Å². The first-order valence-corrected chi connectivity index (χ1v) is 6.72. The van der Waals surface area contributed by atoms with Gasteiger partial charge >= 0.3 is 0 Å². The zero-order valence-corrected chi connectivity index (χ0v) is 11.3. The Morgan fingerprint density at radius 3 is 2.19 bits per heavy atom. The first-order valence-electron chi connectivity index (χ1n) is 6.72. The molecule has 3 nitrogen and oxygen atoms in total. The average molecular weight is 227 g/mol. The van der Waals surface area contributed by atoms with Gasteiger partial charge in [0.1, 0.15) is 0 Å². The molecule has 0 radical (unpaired) electrons. The third-order valence-electron chi connectivity index (χ3n) is 3.75. The maximum atomic E-state index is 6.30. The fraction of sp³-hybridized carbons (Fsp3) is 1.00. The molecule has 2 N–H and O–H groups in total. The van der Waals surface area contributed by atoms with E-state index in [2.05, 4.69) is 30.9 Å². The van der Waals surface area contributed by atoms with E-state index < -0.39 is 0 Å². The van der Waals surface area contributed by atoms with E-state index in [0.29, 0.717) is 12.1 Å². The van der Waals surface area contributed by atoms with Crippen LogP contribution in [0.4, 0.5) is 0 Å². The number of nitrogens with two attached hydrogens (primary N) is 1. The van der Waals surface area contributed by atoms with Crippen molar-refractivity contribution in [3.63, 3.8) is 0 Å². The molecule has 2 atom stereocenters. The lowest BCUT2D eigenvalue weighted by Crippen LogP contribution is -2.48. The first-order chi connectivity index (χ1) is 7.61. The van der Waals surface area contributed by atoms with Crippen LogP contribution in [-0.2, 0) is 0 Å². The van der Waals surface area contributed by atoms with Crippen LogP contribution in [0.1, 0.15) is 38.5 Å². The summed E-state index contributed by atoms with van der Waals surface area (Å²) in [6.07, 6.45) is 7.93. The standard InChI is InChI=1S/C13H29N3/c1-15(2)10-11-16(3)13-9-7-5-4-6-8-12(13)14/h12-13H,4-11,14H2,1-3H3. The summed E-state index contributed by atoms with van der Waals surface area (Å²) in [6.45, 7) is 2.26. The highest BCUT2D eigenvalue weighted by atomic mass is 15.2. The molecular formula is C13H29N3. The van der Waals surface area contributed by atoms with Crippen molar-refractivity contribution in [2.75, 3.05) is 34.2 Å². The predicted molar refractivity (Wildman–Crippen MR) is 70.6 cm³/mol. The zero-order valence-electron chi connectivity index (χ0n) is 11.3. The molecule has 1 rings (SSSR count). The fourth-order valence-electron chi connectivity index (χ4n) is 2.56. The molecule has 3 heteroatoms. The van der Waals surface area contributed by atoms with Gasteiger partial charge in [0.25, 0.3) is 0 Å². The van der Waals surface area contributed by atoms with Crippen LogP contribution in [0.15, 0.2) is 0 Å². The van der Waals surface area contributed by atoms with E-state index in [1.165, 1.54) is 38.5 Å². The molecule has 0 aromatic rings. The van der Waals surface area contributed by atoms with Crippen LogP contribution in [0.2, 0.25) is 0 Å². The lowest BCUT2D eigenvalue weighted by molar-refractivity contribution is 0.168. The molecule has 0 spiro atoms. The van der Waals surface area contributed by atoms with Crippen LogP contribution in [0.5, 0.6) is 0 Å². The van der Waals surface area contributed by atoms with Gasteiger partial charge in [-0.2, -0.15) is 0 Å². The van der Waals surface area contributed by atoms with Crippen molar-refractivity contribution in [2.45, 2.75) is 50.6 Å². The topological polar surface area (TPSA) is 32.5 Å². The first kappa shape index (κ1) is 13.9. The number of hydrogen-bond donors (Lipinski definition) is 1. The molecule has 0 aromatic carbocycles. The van der Waals surface area contributed by atoms with Gasteiger partial charge in [-0.15, -0.1) is 0 Å². The number of rotatable bonds is 4. The Labute approximate surface area is 101 Å². The highest BCUT2D eigenvalue weighted by molar-refractivity contribution is 4.82. The normalized spacial score (nSPS) is 28.1. The molecule has 1 saturated carbocycles. The molecule has 16 heavy (non-hydrogen) atoms. The Balaban J connectivity index is 2.39. The van der Waals surface area contributed by atoms with Gasteiger partial charge in [-0.1, -0.05) is 25.7 Å². The second kappa shape index (κ2) is 7.25. The van der Waals surface area contributed by atoms with Gasteiger partial charge in [-0.3, -0.25) is 0 Å². The van der Waals surface area contributed by atoms with Gasteiger partial charge < -0.3 is 15.5 Å². The van der Waals surface area contributed by atoms with Gasteiger partial charge in [0.05, 0.1) is 0 Å². The molecule has 0 aliphatic heterocycles. The molecule has 2 unspecified atom stereocenters. The predicted octanol–water partition coefficient (Wildman–Crippen LogP) is 1.53. The van der Waals surface area contributed by atoms with E-state index >= 15 is 0 Å². The van der Waals surface area contributed by atoms with E-state index in [4.69, 9.17) is 5.73 Å². The molecule has 0 saturated heterocycles. The largest absolute Gasteiger partial charge is 0.326 e. The minimum atomic E-state index is 0.382. The summed E-state index contributed by atoms with van der Waals surface area (Å²) in [5, 5.41) is 0. The Bertz CT molecular complexity index is 182. The van der Waals surface area contributed by atoms with Crippen LogP contribution in [0, 0.1) is 0 Å². The van der Waals surface area contributed by atoms with Crippen LogP contribution < -0.4 is 5.73 Å². The summed E-state index contributed by atoms with van der Waals surface area (Å²) < 4.78 is 0. The molecule has 0 aromatic heterocycles. The molecule has 1 fully saturated rings. The van der Waals surface area contributed by atoms with E-state index in [0.717, 1.165) is 13.1 Å². The van der Waals surface area contributed by atoms with Crippen LogP contribution >= 0.6 is 0 Å². The van der Waals surface area contributed by atoms with Crippen LogP contribution in [0.25, 0.3) is 0 Å². The van der Waals surface area contributed by atoms with E-state index in [1.807, 2.05) is 0 Å². The summed E-state index contributed by atoms with van der Waals surface area (Å²) in [7, 11) is 6.49. The minimum Gasteiger partial charge on any atom is -0.326 e. The smallest absolute Gasteiger partial charge is 0.0244 e. The van der Waals surface area contributed by atoms with Gasteiger partial charge in [0.2, 0.25) is 0 Å². The SMILES string of the molecule is CN(C)CCN(C)C1CCCCCCC1N. The molecule has 0 bridgehead atoms. The van der Waals surface area contributed by atoms with Gasteiger partial charge in [-0.05, 0) is 34.0 Å². The minimum absolute atomic E-state index is 0.382. The number of hydrogen-bond acceptors (Lipinski definition) is 3. The number of likely N-dealkylation sites (N-methyl/N-ethyl adjacent to an activating group) is 2. The Morgan fingerprint density at radius 1 is 0.938 bits per heavy atom. The van der Waals surface area contributed by atoms with E-state index in [9.17, 15) is 0 Å². The lowest BCUT2D eigenvalue weighted by Gasteiger charge is -2.34. The van der Waals surface area contributed by atoms with Crippen molar-refractivity contribution < 1.29 is 0 Å². The molecule has 0 heterocycles. The van der Waals surface area contributed by atoms with E-state index in [-0.39, 0.29) is 0 Å². The maximum absolute atomic E-state index is 6.30. The van der Waals surface area contributed by atoms with Crippen molar-refractivity contribution >= 4 is 0 Å². The average Bonchev–Trinajstić information content (AvgIpc) is 2.20. The Kier molecular flexibility index (Phi) is 6.32. The summed E-state index contributed by atoms with van der Waals surface area (Å²) in [5.41, 5.74) is 6.30. The fourth-order valence-corrected chi connectivity index (χ4v) is 2.56. The Morgan fingerprint density at radius 2 is 1.56 bits per heavy atom. The van der Waals surface area contributed by atoms with Gasteiger partial charge in [0, 0.05) is 25.2 Å². The molecule has 96 valence electrons. The molecule has 0 amide bonds. The summed E-state index contributed by atoms with van der Waals surface area (Å²) >= 11 is 0. The molecule has 1 aliphatic carbocycles. The summed E-state index contributed by atoms with van der Waals surface area (Å²) in [6, 6.07) is 0.979. The molecule has 1 aliphatic rings. The van der Waals surface area contributed by atoms with Crippen molar-refractivity contribution in [1.29, 1.82) is 0 Å². The lowest BCUT2D eigenvalue weighted by atomic mass is 9.92. The second-order valence-electron chi connectivity index (χ2n) is 5.51. The monoisotopic (exact) mass is 227 g/mol. The van der Waals surface area contributed by atoms with Gasteiger partial charge in [0.15, 0.2) is 0 Å². The third kappa shape index (κ3) is 4.81. The Hall–Kier alpha value is -0.120. The van der Waals surface area contributed by atoms with Gasteiger partial charge in [-0.25, -0.2) is 0 Å². The number of nitrogens with zero attached hydrogens (tertiary/aromatic N) is 2. The zero-order chi connectivity index (χ0) is 12.0. The summed E-state index contributed by atoms with van der Waals surface area (Å²) in [4.78, 5) is 4.71. The molecular weight excluding hydrogens is 198 g/mol.